The van der Waals surface area contributed by atoms with Gasteiger partial charge in [0, 0.05) is 0 Å². The van der Waals surface area contributed by atoms with Crippen molar-refractivity contribution in [1.82, 2.24) is 0 Å². The molecule has 74 heavy (non-hydrogen) atoms. The highest BCUT2D eigenvalue weighted by Crippen LogP contribution is 2.12. The molecule has 0 aliphatic carbocycles. The van der Waals surface area contributed by atoms with E-state index >= 15 is 0 Å². The molecule has 0 aromatic rings. The molecule has 460 valence electrons. The van der Waals surface area contributed by atoms with E-state index in [1.807, 2.05) is 0 Å². The first kappa shape index (κ1) is 90.7. The van der Waals surface area contributed by atoms with Crippen LogP contribution in [0.15, 0.2) is 0 Å². The van der Waals surface area contributed by atoms with Crippen molar-refractivity contribution in [3.63, 3.8) is 0 Å². The summed E-state index contributed by atoms with van der Waals surface area (Å²) in [5.74, 6) is 0. The second-order valence-corrected chi connectivity index (χ2v) is 22.7. The Labute approximate surface area is 476 Å². The van der Waals surface area contributed by atoms with Gasteiger partial charge in [0.1, 0.15) is 0 Å². The van der Waals surface area contributed by atoms with Crippen LogP contribution in [0.2, 0.25) is 0 Å². The molecule has 0 aliphatic heterocycles. The van der Waals surface area contributed by atoms with Crippen LogP contribution in [0.3, 0.4) is 0 Å². The predicted octanol–water partition coefficient (Wildman–Crippen LogP) is 28.4. The van der Waals surface area contributed by atoms with Gasteiger partial charge < -0.3 is 9.79 Å². The summed E-state index contributed by atoms with van der Waals surface area (Å²) in [5, 5.41) is 0. The van der Waals surface area contributed by atoms with Crippen LogP contribution in [-0.4, -0.2) is 9.79 Å². The van der Waals surface area contributed by atoms with E-state index in [-0.39, 0.29) is 0 Å². The molecule has 0 unspecified atom stereocenters. The lowest BCUT2D eigenvalue weighted by molar-refractivity contribution is 0.405. The van der Waals surface area contributed by atoms with Crippen molar-refractivity contribution in [1.29, 1.82) is 0 Å². The van der Waals surface area contributed by atoms with E-state index in [9.17, 15) is 0 Å². The van der Waals surface area contributed by atoms with Gasteiger partial charge in [-0.3, -0.25) is 4.57 Å². The Morgan fingerprint density at radius 1 is 0.149 bits per heavy atom. The molecule has 0 aromatic carbocycles. The molecule has 0 atom stereocenters. The number of hydrogen-bond donors (Lipinski definition) is 2. The van der Waals surface area contributed by atoms with Crippen molar-refractivity contribution in [3.05, 3.63) is 0 Å². The molecule has 0 fully saturated rings. The van der Waals surface area contributed by atoms with Crippen molar-refractivity contribution in [2.75, 3.05) is 0 Å². The zero-order valence-electron chi connectivity index (χ0n) is 55.4. The Morgan fingerprint density at radius 3 is 0.230 bits per heavy atom. The lowest BCUT2D eigenvalue weighted by atomic mass is 10.1. The summed E-state index contributed by atoms with van der Waals surface area (Å²) in [6.07, 6.45) is 80.2. The van der Waals surface area contributed by atoms with Gasteiger partial charge in [-0.1, -0.05) is 456 Å². The Hall–Kier alpha value is 0.150. The normalized spacial score (nSPS) is 10.1. The largest absolute Gasteiger partial charge is 0.326 e. The third-order valence-electron chi connectivity index (χ3n) is 13.7. The maximum Gasteiger partial charge on any atom is 0.314 e. The summed E-state index contributed by atoms with van der Waals surface area (Å²) >= 11 is 0. The van der Waals surface area contributed by atoms with Gasteiger partial charge >= 0.3 is 8.25 Å². The van der Waals surface area contributed by atoms with Crippen LogP contribution in [0.5, 0.6) is 0 Å². The summed E-state index contributed by atoms with van der Waals surface area (Å²) in [4.78, 5) is 14.3. The van der Waals surface area contributed by atoms with E-state index in [2.05, 4.69) is 96.9 Å². The Kier molecular flexibility index (Phi) is 133. The number of unbranched alkanes of at least 4 members (excludes halogenated alkanes) is 49. The number of hydrogen-bond acceptors (Lipinski definition) is 1. The van der Waals surface area contributed by atoms with Gasteiger partial charge in [0.05, 0.1) is 0 Å². The van der Waals surface area contributed by atoms with E-state index in [0.29, 0.717) is 0 Å². The predicted molar refractivity (Wildman–Crippen MR) is 351 cm³/mol. The third kappa shape index (κ3) is 151. The van der Waals surface area contributed by atoms with Crippen LogP contribution in [0.25, 0.3) is 0 Å². The summed E-state index contributed by atoms with van der Waals surface area (Å²) in [6, 6.07) is 0. The first-order chi connectivity index (χ1) is 36.1. The average molecular weight is 1080 g/mol. The quantitative estimate of drug-likeness (QED) is 0.0472. The average Bonchev–Trinajstić information content (AvgIpc) is 3.40. The number of rotatable bonds is 49. The smallest absolute Gasteiger partial charge is 0.314 e. The summed E-state index contributed by atoms with van der Waals surface area (Å²) in [6.45, 7) is 31.8. The van der Waals surface area contributed by atoms with Crippen LogP contribution in [0.4, 0.5) is 0 Å². The molecule has 4 heteroatoms. The Bertz CT molecular complexity index is 543. The first-order valence-corrected chi connectivity index (χ1v) is 36.4. The molecule has 0 amide bonds. The van der Waals surface area contributed by atoms with E-state index in [0.717, 1.165) is 0 Å². The van der Waals surface area contributed by atoms with Gasteiger partial charge in [0.15, 0.2) is 0 Å². The molecule has 0 radical (unpaired) electrons. The van der Waals surface area contributed by atoms with Gasteiger partial charge in [-0.15, -0.1) is 0 Å². The van der Waals surface area contributed by atoms with Crippen LogP contribution < -0.4 is 0 Å². The maximum absolute atomic E-state index is 8.74. The minimum atomic E-state index is -3.13. The van der Waals surface area contributed by atoms with Crippen molar-refractivity contribution >= 4 is 8.25 Å². The monoisotopic (exact) mass is 1080 g/mol. The molecular weight excluding hydrogens is 920 g/mol. The second kappa shape index (κ2) is 109. The third-order valence-corrected chi connectivity index (χ3v) is 13.7. The summed E-state index contributed by atoms with van der Waals surface area (Å²) in [7, 11) is -3.13. The molecule has 0 aromatic heterocycles. The SMILES string of the molecule is CCCCCCCCCC.CCCCCCCCCC.CCCCCCCCCC.CCCCCCCCCC.CCCCCCCCCC.CCCCCCCCCC.CCCCCCCCCC.O=[PH](O)O. The Balaban J connectivity index is -0.000000113. The molecule has 0 saturated heterocycles. The molecule has 2 N–H and O–H groups in total. The minimum absolute atomic E-state index is 1.37. The molecular formula is C70H157O3P. The first-order valence-electron chi connectivity index (χ1n) is 35.1. The molecule has 0 bridgehead atoms. The maximum atomic E-state index is 8.74. The van der Waals surface area contributed by atoms with Crippen LogP contribution >= 0.6 is 8.25 Å². The molecule has 0 heterocycles. The second-order valence-electron chi connectivity index (χ2n) is 22.1. The topological polar surface area (TPSA) is 57.5 Å². The summed E-state index contributed by atoms with van der Waals surface area (Å²) < 4.78 is 8.74. The Morgan fingerprint density at radius 2 is 0.189 bits per heavy atom. The summed E-state index contributed by atoms with van der Waals surface area (Å²) in [5.41, 5.74) is 0. The zero-order valence-corrected chi connectivity index (χ0v) is 56.4. The van der Waals surface area contributed by atoms with Crippen molar-refractivity contribution in [3.8, 4) is 0 Å². The van der Waals surface area contributed by atoms with Gasteiger partial charge in [0.25, 0.3) is 0 Å². The molecule has 0 spiro atoms. The fraction of sp³-hybridized carbons (Fsp3) is 1.00. The van der Waals surface area contributed by atoms with Gasteiger partial charge in [-0.2, -0.15) is 0 Å². The zero-order chi connectivity index (χ0) is 57.2. The molecule has 3 nitrogen and oxygen atoms in total. The molecule has 0 rings (SSSR count). The highest BCUT2D eigenvalue weighted by atomic mass is 31.1. The highest BCUT2D eigenvalue weighted by molar-refractivity contribution is 7.30. The van der Waals surface area contributed by atoms with Crippen LogP contribution in [0, 0.1) is 0 Å². The van der Waals surface area contributed by atoms with E-state index < -0.39 is 8.25 Å². The van der Waals surface area contributed by atoms with Gasteiger partial charge in [0.2, 0.25) is 0 Å². The van der Waals surface area contributed by atoms with Gasteiger partial charge in [-0.25, -0.2) is 0 Å². The lowest BCUT2D eigenvalue weighted by Crippen LogP contribution is -1.77. The van der Waals surface area contributed by atoms with E-state index in [1.54, 1.807) is 0 Å². The van der Waals surface area contributed by atoms with Crippen LogP contribution in [-0.2, 0) is 4.57 Å². The van der Waals surface area contributed by atoms with Crippen molar-refractivity contribution < 1.29 is 14.4 Å². The van der Waals surface area contributed by atoms with Crippen molar-refractivity contribution in [2.45, 2.75) is 456 Å². The molecule has 0 saturated carbocycles. The standard InChI is InChI=1S/7C10H22.H3O3P/c7*1-3-5-7-9-10-8-6-4-2;1-4(2)3/h7*3-10H2,1-2H3;4H,(H2,1,2,3). The lowest BCUT2D eigenvalue weighted by Gasteiger charge is -1.97. The minimum Gasteiger partial charge on any atom is -0.326 e. The fourth-order valence-electron chi connectivity index (χ4n) is 8.45. The van der Waals surface area contributed by atoms with E-state index in [4.69, 9.17) is 14.4 Å². The van der Waals surface area contributed by atoms with Gasteiger partial charge in [-0.05, 0) is 0 Å². The van der Waals surface area contributed by atoms with E-state index in [1.165, 1.54) is 360 Å². The highest BCUT2D eigenvalue weighted by Gasteiger charge is 1.92. The van der Waals surface area contributed by atoms with Crippen LogP contribution in [0.1, 0.15) is 456 Å². The fourth-order valence-corrected chi connectivity index (χ4v) is 8.45. The van der Waals surface area contributed by atoms with Crippen molar-refractivity contribution in [2.24, 2.45) is 0 Å². The molecule has 0 aliphatic rings.